The molecule has 1 spiro atoms. The van der Waals surface area contributed by atoms with Crippen molar-refractivity contribution in [1.29, 1.82) is 0 Å². The van der Waals surface area contributed by atoms with E-state index in [1.54, 1.807) is 57.3 Å². The minimum absolute atomic E-state index is 0.0299. The van der Waals surface area contributed by atoms with Gasteiger partial charge in [0.1, 0.15) is 18.2 Å². The summed E-state index contributed by atoms with van der Waals surface area (Å²) < 4.78 is 0.930. The van der Waals surface area contributed by atoms with Gasteiger partial charge in [-0.1, -0.05) is 29.5 Å². The number of amides is 3. The number of aromatic nitrogens is 3. The first-order chi connectivity index (χ1) is 18.3. The molecule has 0 saturated carbocycles. The van der Waals surface area contributed by atoms with E-state index < -0.39 is 28.7 Å². The molecule has 3 amide bonds. The first-order valence-electron chi connectivity index (χ1n) is 12.9. The molecule has 1 aromatic carbocycles. The molecule has 2 unspecified atom stereocenters. The van der Waals surface area contributed by atoms with E-state index in [0.29, 0.717) is 13.0 Å². The number of aliphatic hydroxyl groups excluding tert-OH is 1. The molecule has 3 aliphatic rings. The Kier molecular flexibility index (Phi) is 7.08. The van der Waals surface area contributed by atoms with Gasteiger partial charge in [-0.15, -0.1) is 30.0 Å². The SMILES string of the molecule is C=CCN(C)C(=O)[C@@H]1[C@H]2C(=O)N([C@H](C)CO)C(C(=O)N(CC=C)Cn3nnc4ccccc43)C23CC[C@H]1S3. The highest BCUT2D eigenvalue weighted by molar-refractivity contribution is 8.02. The van der Waals surface area contributed by atoms with E-state index in [4.69, 9.17) is 0 Å². The van der Waals surface area contributed by atoms with Crippen LogP contribution in [0.1, 0.15) is 19.8 Å². The normalized spacial score (nSPS) is 28.4. The first-order valence-corrected chi connectivity index (χ1v) is 13.8. The van der Waals surface area contributed by atoms with E-state index in [2.05, 4.69) is 23.5 Å². The van der Waals surface area contributed by atoms with Crippen molar-refractivity contribution < 1.29 is 19.5 Å². The number of rotatable bonds is 10. The van der Waals surface area contributed by atoms with Gasteiger partial charge < -0.3 is 19.8 Å². The summed E-state index contributed by atoms with van der Waals surface area (Å²) in [5.74, 6) is -1.68. The Morgan fingerprint density at radius 1 is 1.26 bits per heavy atom. The van der Waals surface area contributed by atoms with Gasteiger partial charge in [0.2, 0.25) is 17.7 Å². The van der Waals surface area contributed by atoms with Crippen molar-refractivity contribution in [3.8, 4) is 0 Å². The van der Waals surface area contributed by atoms with Crippen molar-refractivity contribution in [1.82, 2.24) is 29.7 Å². The van der Waals surface area contributed by atoms with Crippen molar-refractivity contribution in [3.05, 3.63) is 49.6 Å². The summed E-state index contributed by atoms with van der Waals surface area (Å²) in [6.07, 6.45) is 4.73. The van der Waals surface area contributed by atoms with E-state index in [1.165, 1.54) is 0 Å². The Balaban J connectivity index is 1.53. The lowest BCUT2D eigenvalue weighted by atomic mass is 9.70. The summed E-state index contributed by atoms with van der Waals surface area (Å²) in [5.41, 5.74) is 1.51. The molecule has 38 heavy (non-hydrogen) atoms. The molecule has 4 heterocycles. The van der Waals surface area contributed by atoms with E-state index in [1.807, 2.05) is 24.3 Å². The molecule has 202 valence electrons. The largest absolute Gasteiger partial charge is 0.394 e. The Morgan fingerprint density at radius 3 is 2.71 bits per heavy atom. The van der Waals surface area contributed by atoms with Crippen molar-refractivity contribution in [2.24, 2.45) is 11.8 Å². The maximum atomic E-state index is 14.4. The highest BCUT2D eigenvalue weighted by Crippen LogP contribution is 2.67. The van der Waals surface area contributed by atoms with E-state index >= 15 is 0 Å². The zero-order valence-electron chi connectivity index (χ0n) is 21.8. The zero-order valence-corrected chi connectivity index (χ0v) is 22.6. The van der Waals surface area contributed by atoms with Crippen LogP contribution in [0, 0.1) is 11.8 Å². The smallest absolute Gasteiger partial charge is 0.248 e. The quantitative estimate of drug-likeness (QED) is 0.457. The third kappa shape index (κ3) is 3.94. The molecular weight excluding hydrogens is 504 g/mol. The number of benzene rings is 1. The Bertz CT molecular complexity index is 1280. The molecule has 0 aliphatic carbocycles. The molecular formula is C27H34N6O4S. The van der Waals surface area contributed by atoms with Crippen LogP contribution < -0.4 is 0 Å². The lowest BCUT2D eigenvalue weighted by Gasteiger charge is -2.38. The molecule has 1 N–H and O–H groups in total. The molecule has 1 aromatic heterocycles. The molecule has 0 radical (unpaired) electrons. The molecule has 3 fully saturated rings. The molecule has 6 atom stereocenters. The first kappa shape index (κ1) is 26.4. The van der Waals surface area contributed by atoms with Gasteiger partial charge in [0.15, 0.2) is 0 Å². The molecule has 3 aliphatic heterocycles. The fourth-order valence-corrected chi connectivity index (χ4v) is 8.67. The van der Waals surface area contributed by atoms with Gasteiger partial charge in [0.25, 0.3) is 0 Å². The number of carbonyl (C=O) groups excluding carboxylic acids is 3. The van der Waals surface area contributed by atoms with Crippen LogP contribution in [-0.4, -0.2) is 101 Å². The number of fused-ring (bicyclic) bond motifs is 2. The van der Waals surface area contributed by atoms with Crippen molar-refractivity contribution in [2.75, 3.05) is 26.7 Å². The zero-order chi connectivity index (χ0) is 27.2. The van der Waals surface area contributed by atoms with Crippen LogP contribution in [0.15, 0.2) is 49.6 Å². The minimum atomic E-state index is -0.811. The molecule has 10 nitrogen and oxygen atoms in total. The van der Waals surface area contributed by atoms with E-state index in [-0.39, 0.29) is 42.8 Å². The van der Waals surface area contributed by atoms with Crippen molar-refractivity contribution in [3.63, 3.8) is 0 Å². The summed E-state index contributed by atoms with van der Waals surface area (Å²) in [4.78, 5) is 46.8. The summed E-state index contributed by atoms with van der Waals surface area (Å²) in [7, 11) is 1.72. The number of likely N-dealkylation sites (tertiary alicyclic amines) is 1. The van der Waals surface area contributed by atoms with Gasteiger partial charge in [-0.05, 0) is 31.9 Å². The Morgan fingerprint density at radius 2 is 2.00 bits per heavy atom. The molecule has 2 bridgehead atoms. The van der Waals surface area contributed by atoms with Crippen molar-refractivity contribution in [2.45, 2.75) is 48.5 Å². The average molecular weight is 539 g/mol. The van der Waals surface area contributed by atoms with E-state index in [0.717, 1.165) is 17.5 Å². The number of carbonyl (C=O) groups is 3. The second-order valence-corrected chi connectivity index (χ2v) is 12.0. The average Bonchev–Trinajstić information content (AvgIpc) is 3.66. The Hall–Kier alpha value is -3.18. The maximum Gasteiger partial charge on any atom is 0.248 e. The highest BCUT2D eigenvalue weighted by Gasteiger charge is 2.74. The minimum Gasteiger partial charge on any atom is -0.394 e. The molecule has 2 aromatic rings. The second kappa shape index (κ2) is 10.2. The van der Waals surface area contributed by atoms with Crippen LogP contribution in [0.25, 0.3) is 11.0 Å². The maximum absolute atomic E-state index is 14.4. The summed E-state index contributed by atoms with van der Waals surface area (Å²) in [6, 6.07) is 6.13. The number of aliphatic hydroxyl groups is 1. The molecule has 3 saturated heterocycles. The van der Waals surface area contributed by atoms with Gasteiger partial charge in [-0.3, -0.25) is 14.4 Å². The van der Waals surface area contributed by atoms with Gasteiger partial charge in [0.05, 0.1) is 34.7 Å². The number of likely N-dealkylation sites (N-methyl/N-ethyl adjacent to an activating group) is 1. The fraction of sp³-hybridized carbons (Fsp3) is 0.519. The number of hydrogen-bond acceptors (Lipinski definition) is 7. The van der Waals surface area contributed by atoms with Crippen molar-refractivity contribution >= 4 is 40.5 Å². The third-order valence-corrected chi connectivity index (χ3v) is 10.1. The Labute approximate surface area is 226 Å². The van der Waals surface area contributed by atoms with E-state index in [9.17, 15) is 19.5 Å². The summed E-state index contributed by atoms with van der Waals surface area (Å²) in [6.45, 7) is 9.82. The van der Waals surface area contributed by atoms with Gasteiger partial charge in [-0.25, -0.2) is 4.68 Å². The van der Waals surface area contributed by atoms with Crippen LogP contribution in [-0.2, 0) is 21.1 Å². The topological polar surface area (TPSA) is 112 Å². The number of para-hydroxylation sites is 1. The van der Waals surface area contributed by atoms with Crippen LogP contribution >= 0.6 is 11.8 Å². The van der Waals surface area contributed by atoms with Crippen LogP contribution in [0.5, 0.6) is 0 Å². The van der Waals surface area contributed by atoms with Gasteiger partial charge >= 0.3 is 0 Å². The summed E-state index contributed by atoms with van der Waals surface area (Å²) in [5, 5.41) is 18.5. The lowest BCUT2D eigenvalue weighted by molar-refractivity contribution is -0.147. The van der Waals surface area contributed by atoms with Crippen LogP contribution in [0.2, 0.25) is 0 Å². The second-order valence-electron chi connectivity index (χ2n) is 10.4. The lowest BCUT2D eigenvalue weighted by Crippen LogP contribution is -2.57. The highest BCUT2D eigenvalue weighted by atomic mass is 32.2. The predicted molar refractivity (Wildman–Crippen MR) is 145 cm³/mol. The standard InChI is InChI=1S/C27H34N6O4S/c1-5-13-30(4)24(35)21-20-11-12-27(38-20)22(21)25(36)33(17(3)15-34)23(27)26(37)31(14-6-2)16-32-19-10-8-7-9-18(19)28-29-32/h5-10,17,20-23,34H,1-2,11-16H2,3-4H3/t17-,20-,21+,22+,23?,27?/m1/s1. The van der Waals surface area contributed by atoms with Gasteiger partial charge in [-0.2, -0.15) is 0 Å². The predicted octanol–water partition coefficient (Wildman–Crippen LogP) is 1.52. The fourth-order valence-electron chi connectivity index (χ4n) is 6.48. The number of thioether (sulfide) groups is 1. The van der Waals surface area contributed by atoms with Gasteiger partial charge in [0, 0.05) is 25.4 Å². The van der Waals surface area contributed by atoms with Crippen LogP contribution in [0.4, 0.5) is 0 Å². The third-order valence-electron chi connectivity index (χ3n) is 8.16. The number of hydrogen-bond donors (Lipinski definition) is 1. The number of nitrogens with zero attached hydrogens (tertiary/aromatic N) is 6. The van der Waals surface area contributed by atoms with Crippen LogP contribution in [0.3, 0.4) is 0 Å². The summed E-state index contributed by atoms with van der Waals surface area (Å²) >= 11 is 1.61. The molecule has 11 heteroatoms. The monoisotopic (exact) mass is 538 g/mol. The molecule has 5 rings (SSSR count).